The second-order valence-electron chi connectivity index (χ2n) is 8.49. The summed E-state index contributed by atoms with van der Waals surface area (Å²) in [6, 6.07) is 8.52. The third kappa shape index (κ3) is 2.21. The van der Waals surface area contributed by atoms with Crippen molar-refractivity contribution in [2.45, 2.75) is 53.5 Å². The molecule has 1 aliphatic heterocycles. The van der Waals surface area contributed by atoms with Crippen LogP contribution in [-0.4, -0.2) is 10.5 Å². The minimum Gasteiger partial charge on any atom is -0.436 e. The van der Waals surface area contributed by atoms with E-state index < -0.39 is 0 Å². The molecule has 3 heteroatoms. The number of fused-ring (bicyclic) bond motifs is 3. The van der Waals surface area contributed by atoms with E-state index in [1.807, 2.05) is 13.0 Å². The van der Waals surface area contributed by atoms with E-state index in [0.29, 0.717) is 0 Å². The highest BCUT2D eigenvalue weighted by Crippen LogP contribution is 2.49. The molecule has 1 saturated heterocycles. The number of furan rings is 1. The van der Waals surface area contributed by atoms with Crippen LogP contribution in [0.3, 0.4) is 0 Å². The number of benzene rings is 1. The molecule has 0 atom stereocenters. The van der Waals surface area contributed by atoms with E-state index in [2.05, 4.69) is 69.2 Å². The van der Waals surface area contributed by atoms with Crippen molar-refractivity contribution in [3.05, 3.63) is 42.1 Å². The van der Waals surface area contributed by atoms with Crippen LogP contribution < -0.4 is 4.90 Å². The van der Waals surface area contributed by atoms with Gasteiger partial charge in [-0.1, -0.05) is 26.0 Å². The van der Waals surface area contributed by atoms with Gasteiger partial charge in [-0.05, 0) is 57.2 Å². The fourth-order valence-electron chi connectivity index (χ4n) is 4.33. The monoisotopic (exact) mass is 321 g/mol. The molecular weight excluding hydrogens is 296 g/mol. The molecule has 2 aromatic heterocycles. The van der Waals surface area contributed by atoms with Crippen molar-refractivity contribution in [1.29, 1.82) is 0 Å². The Balaban J connectivity index is 2.01. The van der Waals surface area contributed by atoms with Crippen molar-refractivity contribution in [3.8, 4) is 0 Å². The SMILES string of the molecule is Cc1ccc2c(n1)oc1c(N3[CH]C(C)(C)CC3(C)C)c(C)ccc12. The normalized spacial score (nSPS) is 19.5. The molecule has 0 aliphatic carbocycles. The quantitative estimate of drug-likeness (QED) is 0.569. The minimum absolute atomic E-state index is 0.0604. The molecule has 0 N–H and O–H groups in total. The van der Waals surface area contributed by atoms with E-state index >= 15 is 0 Å². The molecule has 0 unspecified atom stereocenters. The van der Waals surface area contributed by atoms with Crippen LogP contribution >= 0.6 is 0 Å². The summed E-state index contributed by atoms with van der Waals surface area (Å²) in [4.78, 5) is 7.00. The Morgan fingerprint density at radius 3 is 2.38 bits per heavy atom. The van der Waals surface area contributed by atoms with E-state index in [1.54, 1.807) is 0 Å². The van der Waals surface area contributed by atoms with E-state index in [-0.39, 0.29) is 11.0 Å². The Bertz CT molecular complexity index is 949. The Hall–Kier alpha value is -2.03. The maximum absolute atomic E-state index is 6.25. The van der Waals surface area contributed by atoms with Crippen LogP contribution in [0.4, 0.5) is 5.69 Å². The number of aryl methyl sites for hydroxylation is 2. The van der Waals surface area contributed by atoms with E-state index in [1.165, 1.54) is 11.3 Å². The van der Waals surface area contributed by atoms with Crippen LogP contribution in [0, 0.1) is 25.8 Å². The number of aromatic nitrogens is 1. The number of rotatable bonds is 1. The molecule has 3 nitrogen and oxygen atoms in total. The summed E-state index contributed by atoms with van der Waals surface area (Å²) in [6.45, 7) is 15.7. The summed E-state index contributed by atoms with van der Waals surface area (Å²) < 4.78 is 6.25. The first-order valence-electron chi connectivity index (χ1n) is 8.63. The summed E-state index contributed by atoms with van der Waals surface area (Å²) in [5.74, 6) is 0. The van der Waals surface area contributed by atoms with Gasteiger partial charge in [0.2, 0.25) is 5.71 Å². The van der Waals surface area contributed by atoms with Crippen molar-refractivity contribution in [2.24, 2.45) is 5.41 Å². The van der Waals surface area contributed by atoms with E-state index in [0.717, 1.165) is 34.2 Å². The van der Waals surface area contributed by atoms with E-state index in [4.69, 9.17) is 4.42 Å². The lowest BCUT2D eigenvalue weighted by Crippen LogP contribution is -2.36. The van der Waals surface area contributed by atoms with Gasteiger partial charge in [-0.15, -0.1) is 0 Å². The van der Waals surface area contributed by atoms with Crippen molar-refractivity contribution in [1.82, 2.24) is 4.98 Å². The largest absolute Gasteiger partial charge is 0.436 e. The smallest absolute Gasteiger partial charge is 0.227 e. The number of hydrogen-bond acceptors (Lipinski definition) is 3. The van der Waals surface area contributed by atoms with Gasteiger partial charge < -0.3 is 9.32 Å². The lowest BCUT2D eigenvalue weighted by Gasteiger charge is -2.34. The predicted octanol–water partition coefficient (Wildman–Crippen LogP) is 5.77. The number of anilines is 1. The summed E-state index contributed by atoms with van der Waals surface area (Å²) in [5.41, 5.74) is 5.32. The molecule has 0 saturated carbocycles. The molecule has 4 rings (SSSR count). The number of hydrogen-bond donors (Lipinski definition) is 0. The number of pyridine rings is 1. The van der Waals surface area contributed by atoms with Gasteiger partial charge in [0.1, 0.15) is 0 Å². The standard InChI is InChI=1S/C21H25N2O/c1-13-7-9-15-16-10-8-14(2)22-19(16)24-18(15)17(13)23-12-20(3,4)11-21(23,5)6/h7-10,12H,11H2,1-6H3. The summed E-state index contributed by atoms with van der Waals surface area (Å²) in [6.07, 6.45) is 1.12. The van der Waals surface area contributed by atoms with Crippen molar-refractivity contribution in [3.63, 3.8) is 0 Å². The van der Waals surface area contributed by atoms with Crippen molar-refractivity contribution >= 4 is 27.8 Å². The summed E-state index contributed by atoms with van der Waals surface area (Å²) >= 11 is 0. The molecule has 1 fully saturated rings. The van der Waals surface area contributed by atoms with Crippen LogP contribution in [0.25, 0.3) is 22.1 Å². The van der Waals surface area contributed by atoms with Gasteiger partial charge in [0.25, 0.3) is 0 Å². The summed E-state index contributed by atoms with van der Waals surface area (Å²) in [5, 5.41) is 2.24. The van der Waals surface area contributed by atoms with Crippen LogP contribution in [0.5, 0.6) is 0 Å². The zero-order chi connectivity index (χ0) is 17.3. The molecule has 125 valence electrons. The molecule has 3 heterocycles. The molecular formula is C21H25N2O. The molecule has 0 amide bonds. The third-order valence-corrected chi connectivity index (χ3v) is 5.08. The van der Waals surface area contributed by atoms with E-state index in [9.17, 15) is 0 Å². The zero-order valence-corrected chi connectivity index (χ0v) is 15.4. The predicted molar refractivity (Wildman–Crippen MR) is 100 cm³/mol. The average molecular weight is 321 g/mol. The topological polar surface area (TPSA) is 29.3 Å². The van der Waals surface area contributed by atoms with Crippen LogP contribution in [-0.2, 0) is 0 Å². The molecule has 3 aromatic rings. The first-order chi connectivity index (χ1) is 11.2. The van der Waals surface area contributed by atoms with Gasteiger partial charge in [0, 0.05) is 22.0 Å². The van der Waals surface area contributed by atoms with Crippen LogP contribution in [0.15, 0.2) is 28.7 Å². The Morgan fingerprint density at radius 1 is 1.00 bits per heavy atom. The average Bonchev–Trinajstić information content (AvgIpc) is 2.91. The highest BCUT2D eigenvalue weighted by atomic mass is 16.3. The van der Waals surface area contributed by atoms with Gasteiger partial charge in [-0.2, -0.15) is 0 Å². The first kappa shape index (κ1) is 15.5. The van der Waals surface area contributed by atoms with Crippen molar-refractivity contribution < 1.29 is 4.42 Å². The molecule has 24 heavy (non-hydrogen) atoms. The van der Waals surface area contributed by atoms with Gasteiger partial charge in [0.05, 0.1) is 12.2 Å². The maximum Gasteiger partial charge on any atom is 0.227 e. The Labute approximate surface area is 143 Å². The molecule has 1 aromatic carbocycles. The lowest BCUT2D eigenvalue weighted by atomic mass is 9.86. The molecule has 0 bridgehead atoms. The zero-order valence-electron chi connectivity index (χ0n) is 15.4. The van der Waals surface area contributed by atoms with Gasteiger partial charge >= 0.3 is 0 Å². The highest BCUT2D eigenvalue weighted by molar-refractivity contribution is 6.08. The fraction of sp³-hybridized carbons (Fsp3) is 0.429. The van der Waals surface area contributed by atoms with Crippen molar-refractivity contribution in [2.75, 3.05) is 4.90 Å². The minimum atomic E-state index is 0.0604. The van der Waals surface area contributed by atoms with Gasteiger partial charge in [-0.25, -0.2) is 4.98 Å². The Morgan fingerprint density at radius 2 is 1.71 bits per heavy atom. The highest BCUT2D eigenvalue weighted by Gasteiger charge is 2.44. The molecule has 1 aliphatic rings. The second kappa shape index (κ2) is 4.75. The van der Waals surface area contributed by atoms with Gasteiger partial charge in [-0.3, -0.25) is 0 Å². The summed E-state index contributed by atoms with van der Waals surface area (Å²) in [7, 11) is 0. The Kier molecular flexibility index (Phi) is 3.07. The van der Waals surface area contributed by atoms with Gasteiger partial charge in [0.15, 0.2) is 5.58 Å². The first-order valence-corrected chi connectivity index (χ1v) is 8.63. The molecule has 1 radical (unpaired) electrons. The third-order valence-electron chi connectivity index (χ3n) is 5.08. The maximum atomic E-state index is 6.25. The number of nitrogens with zero attached hydrogens (tertiary/aromatic N) is 2. The van der Waals surface area contributed by atoms with Crippen LogP contribution in [0.2, 0.25) is 0 Å². The fourth-order valence-corrected chi connectivity index (χ4v) is 4.33. The lowest BCUT2D eigenvalue weighted by molar-refractivity contribution is 0.388. The molecule has 0 spiro atoms. The van der Waals surface area contributed by atoms with Crippen LogP contribution in [0.1, 0.15) is 45.4 Å². The second-order valence-corrected chi connectivity index (χ2v) is 8.49.